The van der Waals surface area contributed by atoms with E-state index in [0.29, 0.717) is 36.4 Å². The van der Waals surface area contributed by atoms with Gasteiger partial charge in [0.2, 0.25) is 10.0 Å². The lowest BCUT2D eigenvalue weighted by Crippen LogP contribution is -2.28. The fraction of sp³-hybridized carbons (Fsp3) is 0.600. The molecule has 1 saturated heterocycles. The summed E-state index contributed by atoms with van der Waals surface area (Å²) in [6, 6.07) is 7.12. The molecule has 1 N–H and O–H groups in total. The molecule has 6 heteroatoms. The van der Waals surface area contributed by atoms with Crippen molar-refractivity contribution in [2.75, 3.05) is 26.2 Å². The van der Waals surface area contributed by atoms with E-state index in [1.807, 2.05) is 0 Å². The molecule has 5 nitrogen and oxygen atoms in total. The minimum absolute atomic E-state index is 0.344. The van der Waals surface area contributed by atoms with Crippen molar-refractivity contribution in [2.45, 2.75) is 37.6 Å². The van der Waals surface area contributed by atoms with Crippen LogP contribution in [0.3, 0.4) is 0 Å². The fourth-order valence-corrected chi connectivity index (χ4v) is 3.82. The lowest BCUT2D eigenvalue weighted by molar-refractivity contribution is 0.308. The number of nitrogens with zero attached hydrogens (tertiary/aromatic N) is 1. The Balaban J connectivity index is 1.92. The standard InChI is InChI=1S/C15H24N2O3S/c1-13(2)16-9-12-20-14-5-7-15(8-6-14)21(18,19)17-10-3-4-11-17/h5-8,13,16H,3-4,9-12H2,1-2H3. The molecule has 118 valence electrons. The van der Waals surface area contributed by atoms with Gasteiger partial charge in [0.05, 0.1) is 4.90 Å². The maximum Gasteiger partial charge on any atom is 0.243 e. The molecule has 0 amide bonds. The number of ether oxygens (including phenoxy) is 1. The van der Waals surface area contributed by atoms with Crippen LogP contribution in [0, 0.1) is 0 Å². The van der Waals surface area contributed by atoms with E-state index in [0.717, 1.165) is 19.4 Å². The van der Waals surface area contributed by atoms with Crippen LogP contribution in [-0.2, 0) is 10.0 Å². The molecule has 2 rings (SSSR count). The highest BCUT2D eigenvalue weighted by Gasteiger charge is 2.26. The third-order valence-corrected chi connectivity index (χ3v) is 5.36. The summed E-state index contributed by atoms with van der Waals surface area (Å²) < 4.78 is 31.8. The van der Waals surface area contributed by atoms with E-state index in [2.05, 4.69) is 19.2 Å². The Morgan fingerprint density at radius 2 is 1.81 bits per heavy atom. The quantitative estimate of drug-likeness (QED) is 0.781. The molecule has 0 atom stereocenters. The van der Waals surface area contributed by atoms with Crippen LogP contribution < -0.4 is 10.1 Å². The average Bonchev–Trinajstić information content (AvgIpc) is 2.99. The van der Waals surface area contributed by atoms with Crippen LogP contribution in [0.15, 0.2) is 29.2 Å². The number of benzene rings is 1. The number of nitrogens with one attached hydrogen (secondary N) is 1. The molecule has 0 saturated carbocycles. The zero-order valence-electron chi connectivity index (χ0n) is 12.7. The average molecular weight is 312 g/mol. The molecule has 1 aliphatic heterocycles. The van der Waals surface area contributed by atoms with Gasteiger partial charge >= 0.3 is 0 Å². The lowest BCUT2D eigenvalue weighted by Gasteiger charge is -2.15. The molecule has 1 aliphatic rings. The molecule has 0 spiro atoms. The number of hydrogen-bond acceptors (Lipinski definition) is 4. The summed E-state index contributed by atoms with van der Waals surface area (Å²) in [5, 5.41) is 3.26. The van der Waals surface area contributed by atoms with E-state index >= 15 is 0 Å². The van der Waals surface area contributed by atoms with Crippen molar-refractivity contribution in [1.29, 1.82) is 0 Å². The Morgan fingerprint density at radius 3 is 2.38 bits per heavy atom. The van der Waals surface area contributed by atoms with Crippen molar-refractivity contribution in [2.24, 2.45) is 0 Å². The molecule has 0 unspecified atom stereocenters. The molecule has 21 heavy (non-hydrogen) atoms. The predicted molar refractivity (Wildman–Crippen MR) is 83.1 cm³/mol. The zero-order chi connectivity index (χ0) is 15.3. The summed E-state index contributed by atoms with van der Waals surface area (Å²) >= 11 is 0. The first-order chi connectivity index (χ1) is 10.00. The van der Waals surface area contributed by atoms with E-state index in [-0.39, 0.29) is 0 Å². The van der Waals surface area contributed by atoms with Crippen LogP contribution in [0.25, 0.3) is 0 Å². The summed E-state index contributed by atoms with van der Waals surface area (Å²) in [6.07, 6.45) is 1.90. The Kier molecular flexibility index (Phi) is 5.61. The van der Waals surface area contributed by atoms with E-state index in [4.69, 9.17) is 4.74 Å². The van der Waals surface area contributed by atoms with Crippen molar-refractivity contribution in [1.82, 2.24) is 9.62 Å². The van der Waals surface area contributed by atoms with Gasteiger partial charge in [-0.1, -0.05) is 13.8 Å². The summed E-state index contributed by atoms with van der Waals surface area (Å²) in [6.45, 7) is 6.75. The second-order valence-corrected chi connectivity index (χ2v) is 7.48. The lowest BCUT2D eigenvalue weighted by atomic mass is 10.3. The topological polar surface area (TPSA) is 58.6 Å². The second-order valence-electron chi connectivity index (χ2n) is 5.54. The second kappa shape index (κ2) is 7.24. The predicted octanol–water partition coefficient (Wildman–Crippen LogP) is 1.85. The van der Waals surface area contributed by atoms with E-state index in [1.54, 1.807) is 28.6 Å². The Bertz CT molecular complexity index is 535. The van der Waals surface area contributed by atoms with Crippen LogP contribution in [0.4, 0.5) is 0 Å². The number of sulfonamides is 1. The maximum absolute atomic E-state index is 12.4. The summed E-state index contributed by atoms with van der Waals surface area (Å²) in [7, 11) is -3.33. The van der Waals surface area contributed by atoms with Gasteiger partial charge < -0.3 is 10.1 Å². The van der Waals surface area contributed by atoms with Gasteiger partial charge in [0, 0.05) is 25.7 Å². The monoisotopic (exact) mass is 312 g/mol. The summed E-state index contributed by atoms with van der Waals surface area (Å²) in [4.78, 5) is 0.344. The molecular formula is C15H24N2O3S. The highest BCUT2D eigenvalue weighted by atomic mass is 32.2. The first-order valence-electron chi connectivity index (χ1n) is 7.46. The smallest absolute Gasteiger partial charge is 0.243 e. The van der Waals surface area contributed by atoms with Crippen molar-refractivity contribution in [3.05, 3.63) is 24.3 Å². The molecule has 1 heterocycles. The fourth-order valence-electron chi connectivity index (χ4n) is 2.30. The zero-order valence-corrected chi connectivity index (χ0v) is 13.5. The van der Waals surface area contributed by atoms with Crippen LogP contribution in [-0.4, -0.2) is 45.0 Å². The van der Waals surface area contributed by atoms with Gasteiger partial charge in [0.15, 0.2) is 0 Å². The highest BCUT2D eigenvalue weighted by Crippen LogP contribution is 2.22. The molecule has 1 aromatic carbocycles. The first kappa shape index (κ1) is 16.3. The van der Waals surface area contributed by atoms with Crippen molar-refractivity contribution >= 4 is 10.0 Å². The van der Waals surface area contributed by atoms with Gasteiger partial charge in [0.1, 0.15) is 12.4 Å². The normalized spacial score (nSPS) is 16.5. The maximum atomic E-state index is 12.4. The van der Waals surface area contributed by atoms with E-state index < -0.39 is 10.0 Å². The summed E-state index contributed by atoms with van der Waals surface area (Å²) in [5.74, 6) is 0.695. The SMILES string of the molecule is CC(C)NCCOc1ccc(S(=O)(=O)N2CCCC2)cc1. The van der Waals surface area contributed by atoms with E-state index in [9.17, 15) is 8.42 Å². The van der Waals surface area contributed by atoms with Crippen LogP contribution in [0.5, 0.6) is 5.75 Å². The van der Waals surface area contributed by atoms with Gasteiger partial charge in [-0.25, -0.2) is 8.42 Å². The largest absolute Gasteiger partial charge is 0.492 e. The number of hydrogen-bond donors (Lipinski definition) is 1. The highest BCUT2D eigenvalue weighted by molar-refractivity contribution is 7.89. The van der Waals surface area contributed by atoms with Gasteiger partial charge in [0.25, 0.3) is 0 Å². The molecule has 0 radical (unpaired) electrons. The van der Waals surface area contributed by atoms with E-state index in [1.165, 1.54) is 0 Å². The third kappa shape index (κ3) is 4.43. The molecule has 0 bridgehead atoms. The first-order valence-corrected chi connectivity index (χ1v) is 8.90. The van der Waals surface area contributed by atoms with Crippen molar-refractivity contribution in [3.63, 3.8) is 0 Å². The Morgan fingerprint density at radius 1 is 1.19 bits per heavy atom. The minimum Gasteiger partial charge on any atom is -0.492 e. The third-order valence-electron chi connectivity index (χ3n) is 3.45. The molecule has 1 fully saturated rings. The Hall–Kier alpha value is -1.11. The van der Waals surface area contributed by atoms with Crippen LogP contribution in [0.2, 0.25) is 0 Å². The summed E-state index contributed by atoms with van der Waals surface area (Å²) in [5.41, 5.74) is 0. The minimum atomic E-state index is -3.33. The van der Waals surface area contributed by atoms with Crippen LogP contribution >= 0.6 is 0 Å². The van der Waals surface area contributed by atoms with Crippen LogP contribution in [0.1, 0.15) is 26.7 Å². The van der Waals surface area contributed by atoms with Gasteiger partial charge in [-0.2, -0.15) is 4.31 Å². The molecule has 1 aromatic rings. The van der Waals surface area contributed by atoms with Gasteiger partial charge in [-0.15, -0.1) is 0 Å². The molecule has 0 aromatic heterocycles. The molecule has 0 aliphatic carbocycles. The van der Waals surface area contributed by atoms with Crippen molar-refractivity contribution < 1.29 is 13.2 Å². The van der Waals surface area contributed by atoms with Crippen molar-refractivity contribution in [3.8, 4) is 5.75 Å². The molecular weight excluding hydrogens is 288 g/mol. The van der Waals surface area contributed by atoms with Gasteiger partial charge in [-0.05, 0) is 37.1 Å². The number of rotatable bonds is 7. The Labute approximate surface area is 127 Å². The van der Waals surface area contributed by atoms with Gasteiger partial charge in [-0.3, -0.25) is 0 Å².